The van der Waals surface area contributed by atoms with Gasteiger partial charge in [-0.3, -0.25) is 9.99 Å². The summed E-state index contributed by atoms with van der Waals surface area (Å²) in [6.45, 7) is 4.26. The molecule has 1 unspecified atom stereocenters. The fraction of sp³-hybridized carbons (Fsp3) is 0.500. The Hall–Kier alpha value is -1.87. The van der Waals surface area contributed by atoms with E-state index in [4.69, 9.17) is 5.84 Å². The summed E-state index contributed by atoms with van der Waals surface area (Å²) in [7, 11) is 0. The predicted molar refractivity (Wildman–Crippen MR) is 85.5 cm³/mol. The Bertz CT molecular complexity index is 544. The number of hydrogen-bond acceptors (Lipinski definition) is 8. The Balaban J connectivity index is 2.10. The minimum Gasteiger partial charge on any atom is -0.352 e. The van der Waals surface area contributed by atoms with E-state index in [0.29, 0.717) is 17.8 Å². The summed E-state index contributed by atoms with van der Waals surface area (Å²) in [4.78, 5) is 16.8. The molecule has 2 heterocycles. The van der Waals surface area contributed by atoms with Gasteiger partial charge in [-0.25, -0.2) is 10.8 Å². The van der Waals surface area contributed by atoms with E-state index < -0.39 is 0 Å². The second-order valence-corrected chi connectivity index (χ2v) is 5.82. The van der Waals surface area contributed by atoms with E-state index in [2.05, 4.69) is 44.5 Å². The molecule has 0 aliphatic heterocycles. The van der Waals surface area contributed by atoms with Crippen LogP contribution in [0.25, 0.3) is 5.95 Å². The van der Waals surface area contributed by atoms with Gasteiger partial charge in [0.25, 0.3) is 0 Å². The van der Waals surface area contributed by atoms with Gasteiger partial charge in [-0.15, -0.1) is 0 Å². The number of aromatic nitrogens is 5. The molecular weight excluding hydrogens is 288 g/mol. The molecule has 0 spiro atoms. The summed E-state index contributed by atoms with van der Waals surface area (Å²) < 4.78 is 1.70. The van der Waals surface area contributed by atoms with Crippen molar-refractivity contribution in [3.05, 3.63) is 18.7 Å². The maximum Gasteiger partial charge on any atom is 0.243 e. The van der Waals surface area contributed by atoms with Crippen molar-refractivity contribution < 1.29 is 0 Å². The summed E-state index contributed by atoms with van der Waals surface area (Å²) in [6.07, 6.45) is 6.09. The van der Waals surface area contributed by atoms with Crippen LogP contribution in [0.15, 0.2) is 18.7 Å². The number of thioether (sulfide) groups is 1. The van der Waals surface area contributed by atoms with Gasteiger partial charge in [0, 0.05) is 18.4 Å². The van der Waals surface area contributed by atoms with Crippen LogP contribution in [0, 0.1) is 0 Å². The van der Waals surface area contributed by atoms with Gasteiger partial charge in [-0.2, -0.15) is 26.7 Å². The van der Waals surface area contributed by atoms with Crippen LogP contribution in [0.3, 0.4) is 0 Å². The Kier molecular flexibility index (Phi) is 5.76. The molecule has 0 aliphatic carbocycles. The zero-order valence-electron chi connectivity index (χ0n) is 12.2. The fourth-order valence-corrected chi connectivity index (χ4v) is 2.49. The summed E-state index contributed by atoms with van der Waals surface area (Å²) >= 11 is 1.92. The minimum atomic E-state index is 0.271. The third-order valence-corrected chi connectivity index (χ3v) is 3.70. The average molecular weight is 308 g/mol. The summed E-state index contributed by atoms with van der Waals surface area (Å²) in [5.74, 6) is 8.92. The van der Waals surface area contributed by atoms with Gasteiger partial charge in [0.1, 0.15) is 6.33 Å². The second-order valence-electron chi connectivity index (χ2n) is 4.43. The molecule has 2 rings (SSSR count). The molecule has 8 nitrogen and oxygen atoms in total. The van der Waals surface area contributed by atoms with E-state index >= 15 is 0 Å². The third-order valence-electron chi connectivity index (χ3n) is 2.76. The Morgan fingerprint density at radius 2 is 2.14 bits per heavy atom. The lowest BCUT2D eigenvalue weighted by atomic mass is 10.3. The number of hydrogen-bond donors (Lipinski definition) is 3. The quantitative estimate of drug-likeness (QED) is 0.380. The van der Waals surface area contributed by atoms with Gasteiger partial charge in [-0.05, 0) is 24.9 Å². The molecule has 0 aliphatic rings. The van der Waals surface area contributed by atoms with Crippen molar-refractivity contribution in [1.82, 2.24) is 24.5 Å². The lowest BCUT2D eigenvalue weighted by molar-refractivity contribution is 0.754. The lowest BCUT2D eigenvalue weighted by Crippen LogP contribution is -2.21. The highest BCUT2D eigenvalue weighted by atomic mass is 32.2. The number of nitrogens with two attached hydrogens (primary N) is 1. The molecule has 114 valence electrons. The summed E-state index contributed by atoms with van der Waals surface area (Å²) in [5.41, 5.74) is 2.46. The Morgan fingerprint density at radius 3 is 2.81 bits per heavy atom. The molecule has 2 aromatic heterocycles. The number of rotatable bonds is 8. The van der Waals surface area contributed by atoms with Crippen molar-refractivity contribution in [2.75, 3.05) is 22.2 Å². The number of anilines is 2. The van der Waals surface area contributed by atoms with Crippen LogP contribution in [0.1, 0.15) is 20.3 Å². The molecule has 0 fully saturated rings. The topological polar surface area (TPSA) is 107 Å². The van der Waals surface area contributed by atoms with Gasteiger partial charge in [0.15, 0.2) is 0 Å². The second kappa shape index (κ2) is 7.79. The van der Waals surface area contributed by atoms with Crippen LogP contribution in [-0.4, -0.2) is 42.1 Å². The van der Waals surface area contributed by atoms with E-state index in [1.54, 1.807) is 23.3 Å². The molecule has 0 saturated carbocycles. The molecule has 21 heavy (non-hydrogen) atoms. The molecule has 0 aromatic carbocycles. The molecule has 0 saturated heterocycles. The normalized spacial score (nSPS) is 12.1. The predicted octanol–water partition coefficient (Wildman–Crippen LogP) is 1.29. The maximum absolute atomic E-state index is 5.41. The van der Waals surface area contributed by atoms with Crippen molar-refractivity contribution in [1.29, 1.82) is 0 Å². The zero-order valence-corrected chi connectivity index (χ0v) is 13.0. The van der Waals surface area contributed by atoms with Crippen LogP contribution < -0.4 is 16.6 Å². The monoisotopic (exact) mass is 308 g/mol. The number of hydrazine groups is 1. The Labute approximate surface area is 128 Å². The number of nitrogens with one attached hydrogen (secondary N) is 2. The van der Waals surface area contributed by atoms with Crippen molar-refractivity contribution in [2.45, 2.75) is 26.3 Å². The lowest BCUT2D eigenvalue weighted by Gasteiger charge is -2.14. The highest BCUT2D eigenvalue weighted by Gasteiger charge is 2.09. The van der Waals surface area contributed by atoms with Gasteiger partial charge >= 0.3 is 0 Å². The molecule has 0 amide bonds. The maximum atomic E-state index is 5.41. The smallest absolute Gasteiger partial charge is 0.243 e. The fourth-order valence-electron chi connectivity index (χ4n) is 1.68. The molecule has 0 bridgehead atoms. The number of imidazole rings is 1. The first-order chi connectivity index (χ1) is 10.2. The summed E-state index contributed by atoms with van der Waals surface area (Å²) in [5, 5.41) is 3.27. The standard InChI is InChI=1S/C12H20N8S/c1-3-21-7-4-9(2)15-10-16-11(19-13)18-12(17-10)20-6-5-14-8-20/h5-6,8-9H,3-4,7,13H2,1-2H3,(H2,15,16,17,18,19). The largest absolute Gasteiger partial charge is 0.352 e. The molecule has 1 atom stereocenters. The molecule has 4 N–H and O–H groups in total. The van der Waals surface area contributed by atoms with Crippen molar-refractivity contribution in [2.24, 2.45) is 5.84 Å². The Morgan fingerprint density at radius 1 is 1.33 bits per heavy atom. The zero-order chi connectivity index (χ0) is 15.1. The SMILES string of the molecule is CCSCCC(C)Nc1nc(NN)nc(-n2ccnc2)n1. The first-order valence-electron chi connectivity index (χ1n) is 6.78. The number of nitrogen functional groups attached to an aromatic ring is 1. The molecule has 9 heteroatoms. The molecule has 2 aromatic rings. The van der Waals surface area contributed by atoms with E-state index in [9.17, 15) is 0 Å². The highest BCUT2D eigenvalue weighted by Crippen LogP contribution is 2.11. The summed E-state index contributed by atoms with van der Waals surface area (Å²) in [6, 6.07) is 0.271. The van der Waals surface area contributed by atoms with E-state index in [-0.39, 0.29) is 6.04 Å². The van der Waals surface area contributed by atoms with Gasteiger partial charge < -0.3 is 5.32 Å². The van der Waals surface area contributed by atoms with Gasteiger partial charge in [0.2, 0.25) is 17.8 Å². The van der Waals surface area contributed by atoms with E-state index in [1.807, 2.05) is 11.8 Å². The van der Waals surface area contributed by atoms with Crippen molar-refractivity contribution in [3.63, 3.8) is 0 Å². The van der Waals surface area contributed by atoms with Gasteiger partial charge in [-0.1, -0.05) is 6.92 Å². The van der Waals surface area contributed by atoms with Crippen LogP contribution >= 0.6 is 11.8 Å². The van der Waals surface area contributed by atoms with E-state index in [0.717, 1.165) is 17.9 Å². The van der Waals surface area contributed by atoms with Gasteiger partial charge in [0.05, 0.1) is 0 Å². The highest BCUT2D eigenvalue weighted by molar-refractivity contribution is 7.99. The molecule has 0 radical (unpaired) electrons. The first kappa shape index (κ1) is 15.5. The average Bonchev–Trinajstić information content (AvgIpc) is 3.01. The minimum absolute atomic E-state index is 0.271. The van der Waals surface area contributed by atoms with Crippen LogP contribution in [0.2, 0.25) is 0 Å². The first-order valence-corrected chi connectivity index (χ1v) is 7.93. The van der Waals surface area contributed by atoms with Crippen molar-refractivity contribution >= 4 is 23.7 Å². The van der Waals surface area contributed by atoms with E-state index in [1.165, 1.54) is 0 Å². The molecular formula is C12H20N8S. The van der Waals surface area contributed by atoms with Crippen LogP contribution in [0.5, 0.6) is 0 Å². The van der Waals surface area contributed by atoms with Crippen LogP contribution in [0.4, 0.5) is 11.9 Å². The van der Waals surface area contributed by atoms with Crippen molar-refractivity contribution in [3.8, 4) is 5.95 Å². The third kappa shape index (κ3) is 4.57. The van der Waals surface area contributed by atoms with Crippen LogP contribution in [-0.2, 0) is 0 Å². The number of nitrogens with zero attached hydrogens (tertiary/aromatic N) is 5.